The van der Waals surface area contributed by atoms with E-state index in [4.69, 9.17) is 0 Å². The Kier molecular flexibility index (Phi) is 8.03. The minimum atomic E-state index is -0.0800. The standard InChI is InChI=1S/C23H27N3O2/c1-4-15-25(16-5-2)22(27)18-24-20-12-10-11-19(17-20)23(28)26(6-3)21-13-8-7-9-14-21/h4-5,7-14,17,24H,1-2,6,15-16,18H2,3H3. The first-order valence-corrected chi connectivity index (χ1v) is 9.31. The van der Waals surface area contributed by atoms with Gasteiger partial charge in [0.25, 0.3) is 5.91 Å². The molecule has 0 radical (unpaired) electrons. The molecule has 0 spiro atoms. The summed E-state index contributed by atoms with van der Waals surface area (Å²) in [6, 6.07) is 16.8. The SMILES string of the molecule is C=CCN(CC=C)C(=O)CNc1cccc(C(=O)N(CC)c2ccccc2)c1. The highest BCUT2D eigenvalue weighted by molar-refractivity contribution is 6.06. The minimum absolute atomic E-state index is 0.0593. The summed E-state index contributed by atoms with van der Waals surface area (Å²) in [5.41, 5.74) is 2.14. The molecule has 0 unspecified atom stereocenters. The highest BCUT2D eigenvalue weighted by atomic mass is 16.2. The van der Waals surface area contributed by atoms with Crippen molar-refractivity contribution < 1.29 is 9.59 Å². The maximum absolute atomic E-state index is 12.9. The zero-order valence-electron chi connectivity index (χ0n) is 16.3. The molecule has 0 aliphatic carbocycles. The molecule has 2 aromatic rings. The predicted molar refractivity (Wildman–Crippen MR) is 116 cm³/mol. The van der Waals surface area contributed by atoms with Gasteiger partial charge >= 0.3 is 0 Å². The highest BCUT2D eigenvalue weighted by Crippen LogP contribution is 2.18. The molecule has 1 N–H and O–H groups in total. The molecule has 0 heterocycles. The molecule has 0 saturated carbocycles. The number of amides is 2. The maximum atomic E-state index is 12.9. The lowest BCUT2D eigenvalue weighted by Crippen LogP contribution is -2.35. The zero-order chi connectivity index (χ0) is 20.4. The Hall–Kier alpha value is -3.34. The van der Waals surface area contributed by atoms with Crippen LogP contribution in [0, 0.1) is 0 Å². The summed E-state index contributed by atoms with van der Waals surface area (Å²) in [4.78, 5) is 28.7. The first-order valence-electron chi connectivity index (χ1n) is 9.31. The molecule has 0 atom stereocenters. The third-order valence-electron chi connectivity index (χ3n) is 4.23. The fourth-order valence-corrected chi connectivity index (χ4v) is 2.85. The van der Waals surface area contributed by atoms with Crippen LogP contribution in [-0.4, -0.2) is 42.9 Å². The van der Waals surface area contributed by atoms with E-state index in [1.807, 2.05) is 49.4 Å². The molecule has 0 bridgehead atoms. The number of nitrogens with zero attached hydrogens (tertiary/aromatic N) is 2. The molecule has 0 fully saturated rings. The smallest absolute Gasteiger partial charge is 0.258 e. The van der Waals surface area contributed by atoms with Crippen LogP contribution in [0.5, 0.6) is 0 Å². The Morgan fingerprint density at radius 1 is 1.00 bits per heavy atom. The van der Waals surface area contributed by atoms with Crippen LogP contribution >= 0.6 is 0 Å². The fraction of sp³-hybridized carbons (Fsp3) is 0.217. The van der Waals surface area contributed by atoms with Gasteiger partial charge in [-0.05, 0) is 37.3 Å². The van der Waals surface area contributed by atoms with Crippen molar-refractivity contribution in [3.8, 4) is 0 Å². The van der Waals surface area contributed by atoms with Gasteiger partial charge in [0.1, 0.15) is 0 Å². The van der Waals surface area contributed by atoms with Gasteiger partial charge in [-0.2, -0.15) is 0 Å². The molecule has 5 heteroatoms. The second-order valence-electron chi connectivity index (χ2n) is 6.20. The lowest BCUT2D eigenvalue weighted by atomic mass is 10.1. The van der Waals surface area contributed by atoms with Gasteiger partial charge in [0.2, 0.25) is 5.91 Å². The number of nitrogens with one attached hydrogen (secondary N) is 1. The molecular formula is C23H27N3O2. The number of hydrogen-bond donors (Lipinski definition) is 1. The average Bonchev–Trinajstić information content (AvgIpc) is 2.73. The average molecular weight is 377 g/mol. The lowest BCUT2D eigenvalue weighted by molar-refractivity contribution is -0.128. The molecule has 2 aromatic carbocycles. The van der Waals surface area contributed by atoms with E-state index in [0.717, 1.165) is 11.4 Å². The van der Waals surface area contributed by atoms with Crippen molar-refractivity contribution in [2.24, 2.45) is 0 Å². The van der Waals surface area contributed by atoms with Crippen molar-refractivity contribution in [2.45, 2.75) is 6.92 Å². The Balaban J connectivity index is 2.08. The molecule has 0 aliphatic rings. The van der Waals surface area contributed by atoms with Crippen LogP contribution in [0.15, 0.2) is 79.9 Å². The van der Waals surface area contributed by atoms with Crippen LogP contribution < -0.4 is 10.2 Å². The third kappa shape index (κ3) is 5.58. The second kappa shape index (κ2) is 10.7. The Morgan fingerprint density at radius 3 is 2.29 bits per heavy atom. The fourth-order valence-electron chi connectivity index (χ4n) is 2.85. The largest absolute Gasteiger partial charge is 0.376 e. The maximum Gasteiger partial charge on any atom is 0.258 e. The first-order chi connectivity index (χ1) is 13.6. The Bertz CT molecular complexity index is 808. The van der Waals surface area contributed by atoms with Gasteiger partial charge in [-0.25, -0.2) is 0 Å². The van der Waals surface area contributed by atoms with Crippen LogP contribution in [0.2, 0.25) is 0 Å². The third-order valence-corrected chi connectivity index (χ3v) is 4.23. The molecule has 2 amide bonds. The Labute approximate surface area is 167 Å². The molecule has 0 saturated heterocycles. The van der Waals surface area contributed by atoms with Gasteiger partial charge in [0.15, 0.2) is 0 Å². The number of para-hydroxylation sites is 1. The second-order valence-corrected chi connectivity index (χ2v) is 6.20. The quantitative estimate of drug-likeness (QED) is 0.638. The molecule has 0 aromatic heterocycles. The minimum Gasteiger partial charge on any atom is -0.376 e. The highest BCUT2D eigenvalue weighted by Gasteiger charge is 2.16. The van der Waals surface area contributed by atoms with Gasteiger partial charge in [-0.15, -0.1) is 13.2 Å². The van der Waals surface area contributed by atoms with E-state index in [2.05, 4.69) is 18.5 Å². The van der Waals surface area contributed by atoms with Gasteiger partial charge < -0.3 is 15.1 Å². The van der Waals surface area contributed by atoms with Crippen molar-refractivity contribution in [1.29, 1.82) is 0 Å². The number of hydrogen-bond acceptors (Lipinski definition) is 3. The molecule has 2 rings (SSSR count). The van der Waals surface area contributed by atoms with Gasteiger partial charge in [0.05, 0.1) is 6.54 Å². The molecule has 28 heavy (non-hydrogen) atoms. The van der Waals surface area contributed by atoms with E-state index < -0.39 is 0 Å². The summed E-state index contributed by atoms with van der Waals surface area (Å²) in [7, 11) is 0. The van der Waals surface area contributed by atoms with Crippen LogP contribution in [0.25, 0.3) is 0 Å². The first kappa shape index (κ1) is 21.0. The van der Waals surface area contributed by atoms with Crippen LogP contribution in [-0.2, 0) is 4.79 Å². The lowest BCUT2D eigenvalue weighted by Gasteiger charge is -2.22. The summed E-state index contributed by atoms with van der Waals surface area (Å²) < 4.78 is 0. The van der Waals surface area contributed by atoms with E-state index in [1.54, 1.807) is 34.1 Å². The van der Waals surface area contributed by atoms with Crippen LogP contribution in [0.3, 0.4) is 0 Å². The van der Waals surface area contributed by atoms with E-state index >= 15 is 0 Å². The van der Waals surface area contributed by atoms with Crippen molar-refractivity contribution in [3.05, 3.63) is 85.5 Å². The van der Waals surface area contributed by atoms with Crippen LogP contribution in [0.1, 0.15) is 17.3 Å². The Morgan fingerprint density at radius 2 is 1.68 bits per heavy atom. The van der Waals surface area contributed by atoms with Crippen LogP contribution in [0.4, 0.5) is 11.4 Å². The summed E-state index contributed by atoms with van der Waals surface area (Å²) in [5, 5.41) is 3.10. The van der Waals surface area contributed by atoms with Gasteiger partial charge in [-0.3, -0.25) is 9.59 Å². The number of carbonyl (C=O) groups is 2. The number of rotatable bonds is 10. The topological polar surface area (TPSA) is 52.7 Å². The normalized spacial score (nSPS) is 10.0. The number of anilines is 2. The van der Waals surface area contributed by atoms with Crippen molar-refractivity contribution in [2.75, 3.05) is 36.4 Å². The van der Waals surface area contributed by atoms with E-state index in [-0.39, 0.29) is 18.4 Å². The summed E-state index contributed by atoms with van der Waals surface area (Å²) in [6.45, 7) is 10.9. The van der Waals surface area contributed by atoms with Crippen molar-refractivity contribution >= 4 is 23.2 Å². The van der Waals surface area contributed by atoms with E-state index in [9.17, 15) is 9.59 Å². The summed E-state index contributed by atoms with van der Waals surface area (Å²) >= 11 is 0. The zero-order valence-corrected chi connectivity index (χ0v) is 16.3. The van der Waals surface area contributed by atoms with Crippen molar-refractivity contribution in [3.63, 3.8) is 0 Å². The number of carbonyl (C=O) groups excluding carboxylic acids is 2. The summed E-state index contributed by atoms with van der Waals surface area (Å²) in [6.07, 6.45) is 3.37. The van der Waals surface area contributed by atoms with Gasteiger partial charge in [0, 0.05) is 36.6 Å². The van der Waals surface area contributed by atoms with Crippen molar-refractivity contribution in [1.82, 2.24) is 4.90 Å². The molecule has 0 aliphatic heterocycles. The predicted octanol–water partition coefficient (Wildman–Crippen LogP) is 3.97. The summed E-state index contributed by atoms with van der Waals surface area (Å²) in [5.74, 6) is -0.139. The molecule has 146 valence electrons. The number of benzene rings is 2. The monoisotopic (exact) mass is 377 g/mol. The van der Waals surface area contributed by atoms with E-state index in [1.165, 1.54) is 0 Å². The van der Waals surface area contributed by atoms with Gasteiger partial charge in [-0.1, -0.05) is 36.4 Å². The molecular weight excluding hydrogens is 350 g/mol. The van der Waals surface area contributed by atoms with E-state index in [0.29, 0.717) is 25.2 Å². The molecule has 5 nitrogen and oxygen atoms in total.